The molecule has 3 aromatic heterocycles. The Labute approximate surface area is 133 Å². The van der Waals surface area contributed by atoms with E-state index in [0.717, 1.165) is 37.3 Å². The summed E-state index contributed by atoms with van der Waals surface area (Å²) in [4.78, 5) is 8.45. The Balaban J connectivity index is 1.77. The van der Waals surface area contributed by atoms with Crippen LogP contribution >= 0.6 is 0 Å². The van der Waals surface area contributed by atoms with Gasteiger partial charge in [0.05, 0.1) is 11.9 Å². The van der Waals surface area contributed by atoms with E-state index in [1.807, 2.05) is 11.5 Å². The van der Waals surface area contributed by atoms with Crippen LogP contribution < -0.4 is 4.72 Å². The molecule has 0 aromatic carbocycles. The van der Waals surface area contributed by atoms with E-state index in [2.05, 4.69) is 19.8 Å². The topological polar surface area (TPSA) is 94.2 Å². The molecule has 0 amide bonds. The van der Waals surface area contributed by atoms with Gasteiger partial charge in [0.25, 0.3) is 10.0 Å². The van der Waals surface area contributed by atoms with E-state index in [-0.39, 0.29) is 5.03 Å². The summed E-state index contributed by atoms with van der Waals surface area (Å²) in [5.74, 6) is 0.734. The largest absolute Gasteiger partial charge is 0.331 e. The van der Waals surface area contributed by atoms with Crippen LogP contribution in [-0.2, 0) is 23.0 Å². The van der Waals surface area contributed by atoms with Crippen LogP contribution in [0.1, 0.15) is 24.4 Å². The highest BCUT2D eigenvalue weighted by Crippen LogP contribution is 2.26. The first-order valence-electron chi connectivity index (χ1n) is 7.43. The maximum Gasteiger partial charge on any atom is 0.281 e. The average molecular weight is 332 g/mol. The molecular formula is C14H16N6O2S. The Morgan fingerprint density at radius 3 is 3.04 bits per heavy atom. The van der Waals surface area contributed by atoms with Crippen LogP contribution in [0, 0.1) is 6.92 Å². The summed E-state index contributed by atoms with van der Waals surface area (Å²) < 4.78 is 31.6. The van der Waals surface area contributed by atoms with Crippen molar-refractivity contribution in [2.24, 2.45) is 0 Å². The number of hydrogen-bond acceptors (Lipinski definition) is 5. The zero-order valence-corrected chi connectivity index (χ0v) is 13.4. The van der Waals surface area contributed by atoms with Gasteiger partial charge in [-0.3, -0.25) is 4.72 Å². The second-order valence-corrected chi connectivity index (χ2v) is 7.17. The Kier molecular flexibility index (Phi) is 3.12. The second-order valence-electron chi connectivity index (χ2n) is 5.57. The molecule has 0 bridgehead atoms. The first-order chi connectivity index (χ1) is 11.1. The third-order valence-corrected chi connectivity index (χ3v) is 5.37. The van der Waals surface area contributed by atoms with Crippen molar-refractivity contribution < 1.29 is 8.42 Å². The molecule has 4 rings (SSSR count). The molecule has 120 valence electrons. The number of nitrogens with zero attached hydrogens (tertiary/aromatic N) is 5. The van der Waals surface area contributed by atoms with Gasteiger partial charge in [-0.15, -0.1) is 0 Å². The van der Waals surface area contributed by atoms with Gasteiger partial charge in [-0.1, -0.05) is 0 Å². The molecule has 0 saturated heterocycles. The minimum atomic E-state index is -3.77. The number of sulfonamides is 1. The lowest BCUT2D eigenvalue weighted by Crippen LogP contribution is -2.18. The van der Waals surface area contributed by atoms with Gasteiger partial charge in [0.2, 0.25) is 0 Å². The molecule has 1 aliphatic heterocycles. The molecule has 0 aliphatic carbocycles. The van der Waals surface area contributed by atoms with Crippen molar-refractivity contribution >= 4 is 21.4 Å². The van der Waals surface area contributed by atoms with Crippen LogP contribution in [0.5, 0.6) is 0 Å². The van der Waals surface area contributed by atoms with E-state index in [4.69, 9.17) is 0 Å². The van der Waals surface area contributed by atoms with Crippen molar-refractivity contribution in [3.8, 4) is 0 Å². The molecule has 8 nitrogen and oxygen atoms in total. The molecule has 4 heterocycles. The molecule has 23 heavy (non-hydrogen) atoms. The monoisotopic (exact) mass is 332 g/mol. The second kappa shape index (κ2) is 5.05. The van der Waals surface area contributed by atoms with Gasteiger partial charge in [0, 0.05) is 18.9 Å². The summed E-state index contributed by atoms with van der Waals surface area (Å²) in [6.45, 7) is 2.66. The Hall–Kier alpha value is -2.42. The fourth-order valence-corrected chi connectivity index (χ4v) is 4.30. The van der Waals surface area contributed by atoms with Gasteiger partial charge in [-0.2, -0.15) is 13.5 Å². The Morgan fingerprint density at radius 2 is 2.17 bits per heavy atom. The van der Waals surface area contributed by atoms with Crippen LogP contribution in [0.2, 0.25) is 0 Å². The SMILES string of the molecule is Cc1nc(S(=O)(=O)Nc2cnn3cccnc23)c2n1CCCC2. The van der Waals surface area contributed by atoms with Gasteiger partial charge in [-0.05, 0) is 32.3 Å². The number of nitrogens with one attached hydrogen (secondary N) is 1. The number of aromatic nitrogens is 5. The first kappa shape index (κ1) is 14.2. The van der Waals surface area contributed by atoms with Gasteiger partial charge in [0.15, 0.2) is 10.7 Å². The number of imidazole rings is 1. The smallest absolute Gasteiger partial charge is 0.281 e. The average Bonchev–Trinajstić information content (AvgIpc) is 3.10. The van der Waals surface area contributed by atoms with Gasteiger partial charge >= 0.3 is 0 Å². The fourth-order valence-electron chi connectivity index (χ4n) is 2.99. The highest BCUT2D eigenvalue weighted by Gasteiger charge is 2.28. The van der Waals surface area contributed by atoms with E-state index in [0.29, 0.717) is 11.3 Å². The molecule has 1 N–H and O–H groups in total. The lowest BCUT2D eigenvalue weighted by molar-refractivity contribution is 0.515. The zero-order chi connectivity index (χ0) is 16.0. The normalized spacial score (nSPS) is 14.8. The molecule has 0 radical (unpaired) electrons. The van der Waals surface area contributed by atoms with Crippen molar-refractivity contribution in [2.45, 2.75) is 37.8 Å². The molecule has 1 aliphatic rings. The number of hydrogen-bond donors (Lipinski definition) is 1. The van der Waals surface area contributed by atoms with E-state index >= 15 is 0 Å². The molecule has 0 fully saturated rings. The van der Waals surface area contributed by atoms with Crippen LogP contribution in [0.25, 0.3) is 5.65 Å². The highest BCUT2D eigenvalue weighted by atomic mass is 32.2. The summed E-state index contributed by atoms with van der Waals surface area (Å²) in [5.41, 5.74) is 1.59. The molecular weight excluding hydrogens is 316 g/mol. The minimum Gasteiger partial charge on any atom is -0.331 e. The summed E-state index contributed by atoms with van der Waals surface area (Å²) in [6, 6.07) is 1.73. The lowest BCUT2D eigenvalue weighted by Gasteiger charge is -2.16. The molecule has 9 heteroatoms. The van der Waals surface area contributed by atoms with E-state index in [1.54, 1.807) is 18.5 Å². The predicted molar refractivity (Wildman–Crippen MR) is 83.7 cm³/mol. The summed E-state index contributed by atoms with van der Waals surface area (Å²) in [5, 5.41) is 4.21. The number of fused-ring (bicyclic) bond motifs is 2. The van der Waals surface area contributed by atoms with Crippen molar-refractivity contribution in [1.82, 2.24) is 24.1 Å². The van der Waals surface area contributed by atoms with Crippen LogP contribution in [0.3, 0.4) is 0 Å². The molecule has 0 atom stereocenters. The summed E-state index contributed by atoms with van der Waals surface area (Å²) in [6.07, 6.45) is 7.51. The highest BCUT2D eigenvalue weighted by molar-refractivity contribution is 7.92. The van der Waals surface area contributed by atoms with E-state index < -0.39 is 10.0 Å². The van der Waals surface area contributed by atoms with Crippen molar-refractivity contribution in [3.63, 3.8) is 0 Å². The molecule has 3 aromatic rings. The predicted octanol–water partition coefficient (Wildman–Crippen LogP) is 1.37. The van der Waals surface area contributed by atoms with E-state index in [1.165, 1.54) is 10.7 Å². The van der Waals surface area contributed by atoms with Gasteiger partial charge in [0.1, 0.15) is 11.5 Å². The van der Waals surface area contributed by atoms with Crippen LogP contribution in [-0.4, -0.2) is 32.6 Å². The number of rotatable bonds is 3. The lowest BCUT2D eigenvalue weighted by atomic mass is 10.1. The zero-order valence-electron chi connectivity index (χ0n) is 12.6. The molecule has 0 saturated carbocycles. The van der Waals surface area contributed by atoms with Crippen LogP contribution in [0.15, 0.2) is 29.7 Å². The van der Waals surface area contributed by atoms with Crippen molar-refractivity contribution in [1.29, 1.82) is 0 Å². The summed E-state index contributed by atoms with van der Waals surface area (Å²) >= 11 is 0. The van der Waals surface area contributed by atoms with Gasteiger partial charge in [-0.25, -0.2) is 14.5 Å². The van der Waals surface area contributed by atoms with Gasteiger partial charge < -0.3 is 4.57 Å². The molecule has 0 unspecified atom stereocenters. The summed E-state index contributed by atoms with van der Waals surface area (Å²) in [7, 11) is -3.77. The minimum absolute atomic E-state index is 0.116. The quantitative estimate of drug-likeness (QED) is 0.782. The fraction of sp³-hybridized carbons (Fsp3) is 0.357. The number of anilines is 1. The van der Waals surface area contributed by atoms with Crippen molar-refractivity contribution in [3.05, 3.63) is 36.2 Å². The number of aryl methyl sites for hydroxylation is 1. The molecule has 0 spiro atoms. The third kappa shape index (κ3) is 2.27. The first-order valence-corrected chi connectivity index (χ1v) is 8.92. The van der Waals surface area contributed by atoms with Crippen LogP contribution in [0.4, 0.5) is 5.69 Å². The Morgan fingerprint density at radius 1 is 1.30 bits per heavy atom. The van der Waals surface area contributed by atoms with E-state index in [9.17, 15) is 8.42 Å². The van der Waals surface area contributed by atoms with Crippen molar-refractivity contribution in [2.75, 3.05) is 4.72 Å². The third-order valence-electron chi connectivity index (χ3n) is 4.05. The standard InChI is InChI=1S/C14H16N6O2S/c1-10-17-14(12-5-2-3-7-19(10)12)23(21,22)18-11-9-16-20-8-4-6-15-13(11)20/h4,6,8-9,18H,2-3,5,7H2,1H3. The maximum absolute atomic E-state index is 12.8. The Bertz CT molecular complexity index is 988. The maximum atomic E-state index is 12.8.